The van der Waals surface area contributed by atoms with Crippen molar-refractivity contribution in [1.29, 1.82) is 0 Å². The fourth-order valence-corrected chi connectivity index (χ4v) is 2.51. The van der Waals surface area contributed by atoms with E-state index in [1.807, 2.05) is 18.2 Å². The lowest BCUT2D eigenvalue weighted by atomic mass is 10.2. The molecule has 2 aromatic rings. The lowest BCUT2D eigenvalue weighted by molar-refractivity contribution is 0.174. The smallest absolute Gasteiger partial charge is 0.231 e. The van der Waals surface area contributed by atoms with Crippen LogP contribution in [0.2, 0.25) is 0 Å². The molecule has 0 saturated heterocycles. The summed E-state index contributed by atoms with van der Waals surface area (Å²) >= 11 is 8.38. The average molecular weight is 383 g/mol. The topological polar surface area (TPSA) is 42.5 Å². The third-order valence-corrected chi connectivity index (χ3v) is 3.81. The minimum atomic E-state index is -0.374. The van der Waals surface area contributed by atoms with Crippen LogP contribution >= 0.6 is 28.1 Å². The van der Waals surface area contributed by atoms with Crippen LogP contribution in [0.15, 0.2) is 40.9 Å². The maximum atomic E-state index is 13.7. The second-order valence-electron chi connectivity index (χ2n) is 4.62. The minimum absolute atomic E-state index is 0.245. The molecule has 0 spiro atoms. The van der Waals surface area contributed by atoms with Gasteiger partial charge in [0, 0.05) is 11.0 Å². The maximum Gasteiger partial charge on any atom is 0.231 e. The van der Waals surface area contributed by atoms with Gasteiger partial charge in [-0.1, -0.05) is 22.0 Å². The molecule has 114 valence electrons. The van der Waals surface area contributed by atoms with Gasteiger partial charge in [0.1, 0.15) is 5.82 Å². The van der Waals surface area contributed by atoms with Crippen molar-refractivity contribution < 1.29 is 13.9 Å². The number of thiocarbonyl (C=S) groups is 1. The van der Waals surface area contributed by atoms with Crippen LogP contribution in [-0.2, 0) is 6.54 Å². The fourth-order valence-electron chi connectivity index (χ4n) is 1.99. The molecule has 4 nitrogen and oxygen atoms in total. The van der Waals surface area contributed by atoms with Crippen LogP contribution in [-0.4, -0.2) is 11.9 Å². The number of anilines is 1. The van der Waals surface area contributed by atoms with Crippen molar-refractivity contribution in [3.8, 4) is 11.5 Å². The molecule has 0 aliphatic carbocycles. The highest BCUT2D eigenvalue weighted by atomic mass is 79.9. The molecular weight excluding hydrogens is 371 g/mol. The molecule has 1 aliphatic rings. The van der Waals surface area contributed by atoms with Crippen LogP contribution in [0.5, 0.6) is 11.5 Å². The molecule has 0 atom stereocenters. The summed E-state index contributed by atoms with van der Waals surface area (Å²) in [5.74, 6) is 1.08. The SMILES string of the molecule is Fc1cc(Br)ccc1NC(=S)NCc1ccc2c(c1)OCO2. The van der Waals surface area contributed by atoms with E-state index in [0.717, 1.165) is 17.1 Å². The molecular formula is C15H12BrFN2O2S. The van der Waals surface area contributed by atoms with E-state index in [9.17, 15) is 4.39 Å². The Balaban J connectivity index is 1.58. The summed E-state index contributed by atoms with van der Waals surface area (Å²) < 4.78 is 25.0. The number of rotatable bonds is 3. The molecule has 1 aliphatic heterocycles. The van der Waals surface area contributed by atoms with Gasteiger partial charge in [0.25, 0.3) is 0 Å². The summed E-state index contributed by atoms with van der Waals surface area (Å²) in [4.78, 5) is 0. The Morgan fingerprint density at radius 1 is 1.18 bits per heavy atom. The number of hydrogen-bond acceptors (Lipinski definition) is 3. The molecule has 2 aromatic carbocycles. The van der Waals surface area contributed by atoms with Gasteiger partial charge in [-0.15, -0.1) is 0 Å². The average Bonchev–Trinajstić information content (AvgIpc) is 2.95. The normalized spacial score (nSPS) is 12.1. The zero-order valence-electron chi connectivity index (χ0n) is 11.4. The second-order valence-corrected chi connectivity index (χ2v) is 5.94. The van der Waals surface area contributed by atoms with E-state index in [1.165, 1.54) is 6.07 Å². The Labute approximate surface area is 140 Å². The van der Waals surface area contributed by atoms with E-state index in [2.05, 4.69) is 26.6 Å². The highest BCUT2D eigenvalue weighted by Crippen LogP contribution is 2.32. The predicted octanol–water partition coefficient (Wildman–Crippen LogP) is 3.80. The molecule has 0 bridgehead atoms. The van der Waals surface area contributed by atoms with Crippen LogP contribution in [0.1, 0.15) is 5.56 Å². The van der Waals surface area contributed by atoms with Crippen LogP contribution in [0.4, 0.5) is 10.1 Å². The summed E-state index contributed by atoms with van der Waals surface area (Å²) in [6, 6.07) is 10.4. The fraction of sp³-hybridized carbons (Fsp3) is 0.133. The van der Waals surface area contributed by atoms with Crippen molar-refractivity contribution in [3.05, 3.63) is 52.3 Å². The molecule has 0 aromatic heterocycles. The molecule has 0 saturated carbocycles. The van der Waals surface area contributed by atoms with Crippen molar-refractivity contribution in [3.63, 3.8) is 0 Å². The number of hydrogen-bond donors (Lipinski definition) is 2. The zero-order valence-corrected chi connectivity index (χ0v) is 13.8. The first kappa shape index (κ1) is 15.1. The van der Waals surface area contributed by atoms with Crippen LogP contribution in [0.3, 0.4) is 0 Å². The van der Waals surface area contributed by atoms with E-state index in [1.54, 1.807) is 12.1 Å². The summed E-state index contributed by atoms with van der Waals surface area (Å²) in [5.41, 5.74) is 1.32. The van der Waals surface area contributed by atoms with Gasteiger partial charge in [-0.25, -0.2) is 4.39 Å². The molecule has 22 heavy (non-hydrogen) atoms. The first-order chi connectivity index (χ1) is 10.6. The molecule has 0 amide bonds. The van der Waals surface area contributed by atoms with E-state index in [4.69, 9.17) is 21.7 Å². The minimum Gasteiger partial charge on any atom is -0.454 e. The Morgan fingerprint density at radius 3 is 2.82 bits per heavy atom. The second kappa shape index (κ2) is 6.50. The van der Waals surface area contributed by atoms with E-state index in [0.29, 0.717) is 21.8 Å². The van der Waals surface area contributed by atoms with Crippen molar-refractivity contribution in [2.75, 3.05) is 12.1 Å². The lowest BCUT2D eigenvalue weighted by Gasteiger charge is -2.11. The number of benzene rings is 2. The van der Waals surface area contributed by atoms with Gasteiger partial charge in [0.05, 0.1) is 5.69 Å². The molecule has 0 fully saturated rings. The van der Waals surface area contributed by atoms with Crippen LogP contribution < -0.4 is 20.1 Å². The molecule has 7 heteroatoms. The summed E-state index contributed by atoms with van der Waals surface area (Å²) in [5, 5.41) is 6.20. The van der Waals surface area contributed by atoms with Crippen molar-refractivity contribution >= 4 is 38.9 Å². The molecule has 1 heterocycles. The Kier molecular flexibility index (Phi) is 4.44. The van der Waals surface area contributed by atoms with E-state index < -0.39 is 0 Å². The monoisotopic (exact) mass is 382 g/mol. The van der Waals surface area contributed by atoms with Crippen LogP contribution in [0, 0.1) is 5.82 Å². The largest absolute Gasteiger partial charge is 0.454 e. The molecule has 0 unspecified atom stereocenters. The van der Waals surface area contributed by atoms with E-state index in [-0.39, 0.29) is 12.6 Å². The Bertz CT molecular complexity index is 727. The van der Waals surface area contributed by atoms with Crippen molar-refractivity contribution in [1.82, 2.24) is 5.32 Å². The third kappa shape index (κ3) is 3.48. The lowest BCUT2D eigenvalue weighted by Crippen LogP contribution is -2.28. The van der Waals surface area contributed by atoms with Gasteiger partial charge in [0.15, 0.2) is 16.6 Å². The van der Waals surface area contributed by atoms with Gasteiger partial charge in [-0.2, -0.15) is 0 Å². The van der Waals surface area contributed by atoms with Crippen molar-refractivity contribution in [2.24, 2.45) is 0 Å². The number of halogens is 2. The zero-order chi connectivity index (χ0) is 15.5. The van der Waals surface area contributed by atoms with Gasteiger partial charge >= 0.3 is 0 Å². The molecule has 2 N–H and O–H groups in total. The van der Waals surface area contributed by atoms with Gasteiger partial charge < -0.3 is 20.1 Å². The van der Waals surface area contributed by atoms with Crippen molar-refractivity contribution in [2.45, 2.75) is 6.54 Å². The van der Waals surface area contributed by atoms with Crippen LogP contribution in [0.25, 0.3) is 0 Å². The molecule has 0 radical (unpaired) electrons. The van der Waals surface area contributed by atoms with Gasteiger partial charge in [0.2, 0.25) is 6.79 Å². The highest BCUT2D eigenvalue weighted by molar-refractivity contribution is 9.10. The summed E-state index contributed by atoms with van der Waals surface area (Å²) in [7, 11) is 0. The molecule has 3 rings (SSSR count). The first-order valence-electron chi connectivity index (χ1n) is 6.50. The quantitative estimate of drug-likeness (QED) is 0.790. The Hall–Kier alpha value is -1.86. The van der Waals surface area contributed by atoms with Gasteiger partial charge in [-0.05, 0) is 48.1 Å². The Morgan fingerprint density at radius 2 is 2.00 bits per heavy atom. The third-order valence-electron chi connectivity index (χ3n) is 3.07. The highest BCUT2D eigenvalue weighted by Gasteiger charge is 2.13. The maximum absolute atomic E-state index is 13.7. The number of nitrogens with one attached hydrogen (secondary N) is 2. The van der Waals surface area contributed by atoms with Gasteiger partial charge in [-0.3, -0.25) is 0 Å². The number of ether oxygens (including phenoxy) is 2. The first-order valence-corrected chi connectivity index (χ1v) is 7.70. The standard InChI is InChI=1S/C15H12BrFN2O2S/c16-10-2-3-12(11(17)6-10)19-15(22)18-7-9-1-4-13-14(5-9)21-8-20-13/h1-6H,7-8H2,(H2,18,19,22). The van der Waals surface area contributed by atoms with E-state index >= 15 is 0 Å². The summed E-state index contributed by atoms with van der Waals surface area (Å²) in [6.07, 6.45) is 0. The predicted molar refractivity (Wildman–Crippen MR) is 89.7 cm³/mol. The summed E-state index contributed by atoms with van der Waals surface area (Å²) in [6.45, 7) is 0.746. The number of fused-ring (bicyclic) bond motifs is 1.